The van der Waals surface area contributed by atoms with Crippen LogP contribution in [0.2, 0.25) is 0 Å². The highest BCUT2D eigenvalue weighted by Gasteiger charge is 2.19. The number of hydrogen-bond donors (Lipinski definition) is 0. The third-order valence-electron chi connectivity index (χ3n) is 5.37. The van der Waals surface area contributed by atoms with E-state index in [1.54, 1.807) is 0 Å². The number of halogens is 2. The van der Waals surface area contributed by atoms with E-state index in [-0.39, 0.29) is 24.8 Å². The molecule has 0 fully saturated rings. The number of nitrogens with zero attached hydrogens (tertiary/aromatic N) is 3. The molecular formula is C22H33Cl2N3. The van der Waals surface area contributed by atoms with Gasteiger partial charge < -0.3 is 4.90 Å². The minimum atomic E-state index is 0. The van der Waals surface area contributed by atoms with Gasteiger partial charge in [-0.2, -0.15) is 0 Å². The van der Waals surface area contributed by atoms with Crippen molar-refractivity contribution >= 4 is 24.8 Å². The van der Waals surface area contributed by atoms with E-state index >= 15 is 0 Å². The van der Waals surface area contributed by atoms with Gasteiger partial charge in [-0.25, -0.2) is 0 Å². The van der Waals surface area contributed by atoms with Gasteiger partial charge in [-0.1, -0.05) is 12.1 Å². The molecule has 0 amide bonds. The Morgan fingerprint density at radius 2 is 1.48 bits per heavy atom. The summed E-state index contributed by atoms with van der Waals surface area (Å²) in [4.78, 5) is 9.14. The maximum Gasteiger partial charge on any atom is 0.0270 e. The molecule has 0 saturated heterocycles. The van der Waals surface area contributed by atoms with Crippen LogP contribution in [0, 0.1) is 13.8 Å². The lowest BCUT2D eigenvalue weighted by atomic mass is 10.0. The molecule has 2 aromatic rings. The number of fused-ring (bicyclic) bond motifs is 1. The standard InChI is InChI=1S/C22H31N3.2ClH/c1-18-14-21-16-25(17-22(21)15-19(18)2)13-5-12-24(3)11-4-6-20-7-9-23-10-8-20;;/h7-10,14-15H,4-6,11-13,16-17H2,1-3H3;2*1H. The maximum absolute atomic E-state index is 4.08. The highest BCUT2D eigenvalue weighted by atomic mass is 35.5. The van der Waals surface area contributed by atoms with Gasteiger partial charge in [0.2, 0.25) is 0 Å². The van der Waals surface area contributed by atoms with Gasteiger partial charge in [0.25, 0.3) is 0 Å². The topological polar surface area (TPSA) is 19.4 Å². The molecule has 0 radical (unpaired) electrons. The lowest BCUT2D eigenvalue weighted by Gasteiger charge is -2.19. The van der Waals surface area contributed by atoms with Crippen LogP contribution in [0.15, 0.2) is 36.7 Å². The first-order chi connectivity index (χ1) is 12.1. The van der Waals surface area contributed by atoms with Crippen LogP contribution in [0.25, 0.3) is 0 Å². The van der Waals surface area contributed by atoms with Crippen molar-refractivity contribution in [1.29, 1.82) is 0 Å². The van der Waals surface area contributed by atoms with Crippen molar-refractivity contribution in [3.8, 4) is 0 Å². The molecule has 5 heteroatoms. The van der Waals surface area contributed by atoms with Crippen LogP contribution >= 0.6 is 24.8 Å². The van der Waals surface area contributed by atoms with Crippen LogP contribution in [-0.2, 0) is 19.5 Å². The summed E-state index contributed by atoms with van der Waals surface area (Å²) in [5, 5.41) is 0. The average molecular weight is 410 g/mol. The Bertz CT molecular complexity index is 660. The van der Waals surface area contributed by atoms with Crippen LogP contribution in [0.1, 0.15) is 40.7 Å². The summed E-state index contributed by atoms with van der Waals surface area (Å²) in [6.45, 7) is 10.2. The molecule has 3 nitrogen and oxygen atoms in total. The Labute approximate surface area is 177 Å². The lowest BCUT2D eigenvalue weighted by molar-refractivity contribution is 0.249. The molecule has 0 spiro atoms. The van der Waals surface area contributed by atoms with Crippen molar-refractivity contribution in [2.24, 2.45) is 0 Å². The van der Waals surface area contributed by atoms with Crippen LogP contribution in [0.5, 0.6) is 0 Å². The number of aryl methyl sites for hydroxylation is 3. The Kier molecular flexibility index (Phi) is 10.3. The second-order valence-electron chi connectivity index (χ2n) is 7.53. The van der Waals surface area contributed by atoms with E-state index in [1.807, 2.05) is 12.4 Å². The highest BCUT2D eigenvalue weighted by Crippen LogP contribution is 2.25. The molecule has 0 bridgehead atoms. The summed E-state index contributed by atoms with van der Waals surface area (Å²) >= 11 is 0. The molecule has 0 N–H and O–H groups in total. The molecule has 1 aromatic heterocycles. The fourth-order valence-corrected chi connectivity index (χ4v) is 3.70. The molecule has 3 rings (SSSR count). The SMILES string of the molecule is Cc1cc2c(cc1C)CN(CCCN(C)CCCc1ccncc1)C2.Cl.Cl. The number of hydrogen-bond acceptors (Lipinski definition) is 3. The average Bonchev–Trinajstić information content (AvgIpc) is 2.98. The Hall–Kier alpha value is -1.13. The van der Waals surface area contributed by atoms with Crippen molar-refractivity contribution in [2.75, 3.05) is 26.7 Å². The quantitative estimate of drug-likeness (QED) is 0.623. The van der Waals surface area contributed by atoms with Gasteiger partial charge in [-0.05, 0) is 93.2 Å². The fourth-order valence-electron chi connectivity index (χ4n) is 3.70. The summed E-state index contributed by atoms with van der Waals surface area (Å²) in [6, 6.07) is 9.01. The molecule has 0 saturated carbocycles. The van der Waals surface area contributed by atoms with Crippen LogP contribution in [-0.4, -0.2) is 41.5 Å². The monoisotopic (exact) mass is 409 g/mol. The zero-order valence-electron chi connectivity index (χ0n) is 16.8. The lowest BCUT2D eigenvalue weighted by Crippen LogP contribution is -2.26. The summed E-state index contributed by atoms with van der Waals surface area (Å²) in [5.41, 5.74) is 7.32. The predicted octanol–water partition coefficient (Wildman–Crippen LogP) is 4.81. The molecule has 2 heterocycles. The normalized spacial score (nSPS) is 13.2. The van der Waals surface area contributed by atoms with Gasteiger partial charge >= 0.3 is 0 Å². The van der Waals surface area contributed by atoms with E-state index < -0.39 is 0 Å². The van der Waals surface area contributed by atoms with Gasteiger partial charge in [0.1, 0.15) is 0 Å². The molecule has 1 aliphatic rings. The molecule has 0 unspecified atom stereocenters. The summed E-state index contributed by atoms with van der Waals surface area (Å²) < 4.78 is 0. The molecular weight excluding hydrogens is 377 g/mol. The third kappa shape index (κ3) is 7.08. The summed E-state index contributed by atoms with van der Waals surface area (Å²) in [7, 11) is 2.25. The number of aromatic nitrogens is 1. The van der Waals surface area contributed by atoms with Crippen LogP contribution in [0.4, 0.5) is 0 Å². The smallest absolute Gasteiger partial charge is 0.0270 e. The van der Waals surface area contributed by atoms with Crippen LogP contribution < -0.4 is 0 Å². The number of rotatable bonds is 8. The Morgan fingerprint density at radius 1 is 0.926 bits per heavy atom. The van der Waals surface area contributed by atoms with E-state index in [1.165, 1.54) is 60.3 Å². The van der Waals surface area contributed by atoms with Crippen LogP contribution in [0.3, 0.4) is 0 Å². The number of pyridine rings is 1. The van der Waals surface area contributed by atoms with Crippen molar-refractivity contribution in [2.45, 2.75) is 46.2 Å². The van der Waals surface area contributed by atoms with Gasteiger partial charge in [0, 0.05) is 32.0 Å². The summed E-state index contributed by atoms with van der Waals surface area (Å²) in [6.07, 6.45) is 7.38. The van der Waals surface area contributed by atoms with Crippen molar-refractivity contribution in [3.05, 3.63) is 64.5 Å². The van der Waals surface area contributed by atoms with E-state index in [9.17, 15) is 0 Å². The molecule has 1 aliphatic heterocycles. The van der Waals surface area contributed by atoms with Crippen molar-refractivity contribution in [1.82, 2.24) is 14.8 Å². The first-order valence-corrected chi connectivity index (χ1v) is 9.50. The molecule has 150 valence electrons. The zero-order valence-corrected chi connectivity index (χ0v) is 18.4. The van der Waals surface area contributed by atoms with E-state index in [4.69, 9.17) is 0 Å². The molecule has 0 aliphatic carbocycles. The minimum absolute atomic E-state index is 0. The van der Waals surface area contributed by atoms with Gasteiger partial charge in [-0.3, -0.25) is 9.88 Å². The maximum atomic E-state index is 4.08. The first-order valence-electron chi connectivity index (χ1n) is 9.50. The highest BCUT2D eigenvalue weighted by molar-refractivity contribution is 5.85. The zero-order chi connectivity index (χ0) is 17.6. The number of benzene rings is 1. The second kappa shape index (κ2) is 11.7. The minimum Gasteiger partial charge on any atom is -0.306 e. The Balaban J connectivity index is 0.00000182. The van der Waals surface area contributed by atoms with E-state index in [0.29, 0.717) is 0 Å². The van der Waals surface area contributed by atoms with E-state index in [0.717, 1.165) is 19.5 Å². The molecule has 1 aromatic carbocycles. The van der Waals surface area contributed by atoms with Gasteiger partial charge in [-0.15, -0.1) is 24.8 Å². The largest absolute Gasteiger partial charge is 0.306 e. The van der Waals surface area contributed by atoms with Crippen molar-refractivity contribution in [3.63, 3.8) is 0 Å². The molecule has 0 atom stereocenters. The van der Waals surface area contributed by atoms with Gasteiger partial charge in [0.05, 0.1) is 0 Å². The fraction of sp³-hybridized carbons (Fsp3) is 0.500. The third-order valence-corrected chi connectivity index (χ3v) is 5.37. The van der Waals surface area contributed by atoms with E-state index in [2.05, 4.69) is 59.9 Å². The van der Waals surface area contributed by atoms with Gasteiger partial charge in [0.15, 0.2) is 0 Å². The second-order valence-corrected chi connectivity index (χ2v) is 7.53. The first kappa shape index (κ1) is 23.9. The Morgan fingerprint density at radius 3 is 2.07 bits per heavy atom. The predicted molar refractivity (Wildman–Crippen MR) is 119 cm³/mol. The van der Waals surface area contributed by atoms with Crippen molar-refractivity contribution < 1.29 is 0 Å². The molecule has 27 heavy (non-hydrogen) atoms. The summed E-state index contributed by atoms with van der Waals surface area (Å²) in [5.74, 6) is 0.